The van der Waals surface area contributed by atoms with Gasteiger partial charge in [0, 0.05) is 35.2 Å². The van der Waals surface area contributed by atoms with Crippen LogP contribution in [0.5, 0.6) is 17.2 Å². The fourth-order valence-corrected chi connectivity index (χ4v) is 4.03. The van der Waals surface area contributed by atoms with Crippen molar-refractivity contribution in [3.8, 4) is 17.2 Å². The van der Waals surface area contributed by atoms with Crippen LogP contribution >= 0.6 is 0 Å². The summed E-state index contributed by atoms with van der Waals surface area (Å²) < 4.78 is 16.4. The van der Waals surface area contributed by atoms with Gasteiger partial charge >= 0.3 is 6.03 Å². The first-order valence-corrected chi connectivity index (χ1v) is 11.2. The molecule has 0 aliphatic rings. The summed E-state index contributed by atoms with van der Waals surface area (Å²) in [4.78, 5) is 16.0. The fourth-order valence-electron chi connectivity index (χ4n) is 4.03. The number of H-pyrrole nitrogens is 1. The quantitative estimate of drug-likeness (QED) is 0.307. The average Bonchev–Trinajstić information content (AvgIpc) is 3.29. The maximum Gasteiger partial charge on any atom is 0.319 e. The number of hydrogen-bond donors (Lipinski definition) is 3. The van der Waals surface area contributed by atoms with Gasteiger partial charge in [0.25, 0.3) is 0 Å². The summed E-state index contributed by atoms with van der Waals surface area (Å²) in [5.41, 5.74) is 3.82. The lowest BCUT2D eigenvalue weighted by atomic mass is 9.90. The van der Waals surface area contributed by atoms with Crippen LogP contribution in [0, 0.1) is 0 Å². The van der Waals surface area contributed by atoms with E-state index in [0.717, 1.165) is 27.8 Å². The van der Waals surface area contributed by atoms with Crippen molar-refractivity contribution in [2.24, 2.45) is 0 Å². The van der Waals surface area contributed by atoms with E-state index in [4.69, 9.17) is 14.2 Å². The lowest BCUT2D eigenvalue weighted by Crippen LogP contribution is -2.32. The molecule has 0 spiro atoms. The molecule has 0 fully saturated rings. The topological polar surface area (TPSA) is 84.6 Å². The van der Waals surface area contributed by atoms with Crippen LogP contribution in [0.4, 0.5) is 10.5 Å². The second-order valence-electron chi connectivity index (χ2n) is 7.75. The number of carbonyl (C=O) groups excluding carboxylic acids is 1. The highest BCUT2D eigenvalue weighted by Crippen LogP contribution is 2.35. The number of aromatic nitrogens is 1. The molecule has 0 unspecified atom stereocenters. The molecule has 1 atom stereocenters. The number of benzene rings is 3. The Morgan fingerprint density at radius 1 is 0.971 bits per heavy atom. The highest BCUT2D eigenvalue weighted by molar-refractivity contribution is 5.89. The third-order valence-electron chi connectivity index (χ3n) is 5.70. The number of rotatable bonds is 9. The van der Waals surface area contributed by atoms with Crippen LogP contribution < -0.4 is 24.8 Å². The lowest BCUT2D eigenvalue weighted by molar-refractivity contribution is 0.252. The van der Waals surface area contributed by atoms with Gasteiger partial charge in [-0.3, -0.25) is 0 Å². The molecule has 1 heterocycles. The molecule has 3 N–H and O–H groups in total. The Labute approximate surface area is 199 Å². The molecule has 1 aromatic heterocycles. The van der Waals surface area contributed by atoms with Gasteiger partial charge in [-0.1, -0.05) is 24.3 Å². The van der Waals surface area contributed by atoms with Crippen LogP contribution in [0.1, 0.15) is 24.0 Å². The predicted molar refractivity (Wildman–Crippen MR) is 134 cm³/mol. The molecular weight excluding hydrogens is 430 g/mol. The molecule has 7 heteroatoms. The molecule has 0 radical (unpaired) electrons. The van der Waals surface area contributed by atoms with Gasteiger partial charge in [0.05, 0.1) is 20.8 Å². The number of anilines is 1. The van der Waals surface area contributed by atoms with E-state index < -0.39 is 0 Å². The molecule has 0 aliphatic carbocycles. The molecule has 3 aromatic carbocycles. The van der Waals surface area contributed by atoms with Crippen LogP contribution in [0.3, 0.4) is 0 Å². The highest BCUT2D eigenvalue weighted by atomic mass is 16.5. The van der Waals surface area contributed by atoms with Gasteiger partial charge in [-0.2, -0.15) is 0 Å². The average molecular weight is 460 g/mol. The molecule has 34 heavy (non-hydrogen) atoms. The SMILES string of the molecule is CCOc1ccc(NC(=O)NC[C@H](c2ccc(OC)c(OC)c2)c2c[nH]c3ccccc23)cc1. The highest BCUT2D eigenvalue weighted by Gasteiger charge is 2.21. The molecule has 0 saturated carbocycles. The van der Waals surface area contributed by atoms with Gasteiger partial charge in [-0.15, -0.1) is 0 Å². The van der Waals surface area contributed by atoms with Crippen LogP contribution in [0.25, 0.3) is 10.9 Å². The van der Waals surface area contributed by atoms with Gasteiger partial charge in [0.1, 0.15) is 5.75 Å². The summed E-state index contributed by atoms with van der Waals surface area (Å²) in [5, 5.41) is 7.01. The molecule has 0 aliphatic heterocycles. The van der Waals surface area contributed by atoms with Gasteiger partial charge in [-0.25, -0.2) is 4.79 Å². The summed E-state index contributed by atoms with van der Waals surface area (Å²) in [6, 6.07) is 21.0. The second-order valence-corrected chi connectivity index (χ2v) is 7.75. The third-order valence-corrected chi connectivity index (χ3v) is 5.70. The number of amides is 2. The summed E-state index contributed by atoms with van der Waals surface area (Å²) in [7, 11) is 3.23. The van der Waals surface area contributed by atoms with Crippen molar-refractivity contribution in [2.75, 3.05) is 32.7 Å². The van der Waals surface area contributed by atoms with Crippen molar-refractivity contribution in [2.45, 2.75) is 12.8 Å². The Morgan fingerprint density at radius 3 is 2.47 bits per heavy atom. The van der Waals surface area contributed by atoms with E-state index in [2.05, 4.69) is 21.7 Å². The maximum atomic E-state index is 12.7. The summed E-state index contributed by atoms with van der Waals surface area (Å²) in [5.74, 6) is 1.96. The van der Waals surface area contributed by atoms with Crippen molar-refractivity contribution < 1.29 is 19.0 Å². The van der Waals surface area contributed by atoms with Crippen molar-refractivity contribution >= 4 is 22.6 Å². The van der Waals surface area contributed by atoms with Gasteiger partial charge in [0.2, 0.25) is 0 Å². The van der Waals surface area contributed by atoms with E-state index in [1.54, 1.807) is 14.2 Å². The third kappa shape index (κ3) is 5.09. The zero-order chi connectivity index (χ0) is 23.9. The number of hydrogen-bond acceptors (Lipinski definition) is 4. The van der Waals surface area contributed by atoms with Gasteiger partial charge in [0.15, 0.2) is 11.5 Å². The molecule has 176 valence electrons. The molecule has 4 rings (SSSR count). The molecule has 2 amide bonds. The van der Waals surface area contributed by atoms with E-state index >= 15 is 0 Å². The number of carbonyl (C=O) groups is 1. The van der Waals surface area contributed by atoms with Gasteiger partial charge in [-0.05, 0) is 60.5 Å². The summed E-state index contributed by atoms with van der Waals surface area (Å²) in [6.45, 7) is 2.92. The number of ether oxygens (including phenoxy) is 3. The predicted octanol–water partition coefficient (Wildman–Crippen LogP) is 5.54. The number of aromatic amines is 1. The van der Waals surface area contributed by atoms with E-state index in [1.807, 2.05) is 73.8 Å². The smallest absolute Gasteiger partial charge is 0.319 e. The number of para-hydroxylation sites is 1. The Kier molecular flexibility index (Phi) is 7.22. The van der Waals surface area contributed by atoms with Crippen LogP contribution in [0.15, 0.2) is 72.9 Å². The van der Waals surface area contributed by atoms with Crippen molar-refractivity contribution in [1.29, 1.82) is 0 Å². The Morgan fingerprint density at radius 2 is 1.74 bits per heavy atom. The van der Waals surface area contributed by atoms with Crippen molar-refractivity contribution in [3.63, 3.8) is 0 Å². The molecule has 4 aromatic rings. The minimum Gasteiger partial charge on any atom is -0.494 e. The van der Waals surface area contributed by atoms with E-state index in [1.165, 1.54) is 0 Å². The molecule has 7 nitrogen and oxygen atoms in total. The Balaban J connectivity index is 1.57. The lowest BCUT2D eigenvalue weighted by Gasteiger charge is -2.20. The largest absolute Gasteiger partial charge is 0.494 e. The fraction of sp³-hybridized carbons (Fsp3) is 0.222. The standard InChI is InChI=1S/C27H29N3O4/c1-4-34-20-12-10-19(11-13-20)30-27(31)29-16-22(18-9-14-25(32-2)26(15-18)33-3)23-17-28-24-8-6-5-7-21(23)24/h5-15,17,22,28H,4,16H2,1-3H3,(H2,29,30,31)/t22-/m1/s1. The van der Waals surface area contributed by atoms with Crippen LogP contribution in [-0.4, -0.2) is 38.4 Å². The Bertz CT molecular complexity index is 1250. The molecule has 0 saturated heterocycles. The molecule has 0 bridgehead atoms. The first-order valence-electron chi connectivity index (χ1n) is 11.2. The summed E-state index contributed by atoms with van der Waals surface area (Å²) in [6.07, 6.45) is 2.00. The zero-order valence-electron chi connectivity index (χ0n) is 19.6. The molecular formula is C27H29N3O4. The monoisotopic (exact) mass is 459 g/mol. The second kappa shape index (κ2) is 10.7. The number of methoxy groups -OCH3 is 2. The first-order chi connectivity index (χ1) is 16.6. The number of urea groups is 1. The van der Waals surface area contributed by atoms with E-state index in [0.29, 0.717) is 30.3 Å². The van der Waals surface area contributed by atoms with E-state index in [-0.39, 0.29) is 11.9 Å². The van der Waals surface area contributed by atoms with Gasteiger partial charge < -0.3 is 29.8 Å². The number of nitrogens with one attached hydrogen (secondary N) is 3. The van der Waals surface area contributed by atoms with Crippen LogP contribution in [0.2, 0.25) is 0 Å². The summed E-state index contributed by atoms with van der Waals surface area (Å²) >= 11 is 0. The Hall–Kier alpha value is -4.13. The van der Waals surface area contributed by atoms with Crippen molar-refractivity contribution in [3.05, 3.63) is 84.1 Å². The number of fused-ring (bicyclic) bond motifs is 1. The minimum atomic E-state index is -0.283. The zero-order valence-corrected chi connectivity index (χ0v) is 19.6. The first kappa shape index (κ1) is 23.0. The van der Waals surface area contributed by atoms with Crippen LogP contribution in [-0.2, 0) is 0 Å². The van der Waals surface area contributed by atoms with Crippen molar-refractivity contribution in [1.82, 2.24) is 10.3 Å². The van der Waals surface area contributed by atoms with E-state index in [9.17, 15) is 4.79 Å². The minimum absolute atomic E-state index is 0.109. The normalized spacial score (nSPS) is 11.6. The maximum absolute atomic E-state index is 12.7.